The van der Waals surface area contributed by atoms with E-state index in [0.717, 1.165) is 71.4 Å². The number of amides is 1. The van der Waals surface area contributed by atoms with Crippen LogP contribution in [0.4, 0.5) is 5.69 Å². The van der Waals surface area contributed by atoms with Crippen LogP contribution in [-0.2, 0) is 4.79 Å². The average Bonchev–Trinajstić information content (AvgIpc) is 3.33. The van der Waals surface area contributed by atoms with Crippen molar-refractivity contribution in [2.24, 2.45) is 0 Å². The van der Waals surface area contributed by atoms with Gasteiger partial charge >= 0.3 is 0 Å². The Morgan fingerprint density at radius 2 is 1.79 bits per heavy atom. The normalized spacial score (nSPS) is 16.5. The van der Waals surface area contributed by atoms with Crippen LogP contribution in [0.1, 0.15) is 51.0 Å². The first-order valence-corrected chi connectivity index (χ1v) is 12.7. The summed E-state index contributed by atoms with van der Waals surface area (Å²) in [7, 11) is 0. The zero-order valence-electron chi connectivity index (χ0n) is 20.4. The molecule has 5 rings (SSSR count). The maximum Gasteiger partial charge on any atom is 0.224 e. The number of aryl methyl sites for hydroxylation is 1. The Balaban J connectivity index is 1.35. The van der Waals surface area contributed by atoms with Gasteiger partial charge < -0.3 is 14.5 Å². The fraction of sp³-hybridized carbons (Fsp3) is 0.448. The molecule has 1 aliphatic heterocycles. The second-order valence-electron chi connectivity index (χ2n) is 9.77. The molecule has 1 saturated carbocycles. The fourth-order valence-corrected chi connectivity index (χ4v) is 5.25. The summed E-state index contributed by atoms with van der Waals surface area (Å²) in [6.45, 7) is 8.09. The maximum absolute atomic E-state index is 12.6. The number of fused-ring (bicyclic) bond motifs is 1. The highest BCUT2D eigenvalue weighted by molar-refractivity contribution is 6.04. The first-order valence-electron chi connectivity index (χ1n) is 12.7. The highest BCUT2D eigenvalue weighted by atomic mass is 16.5. The first kappa shape index (κ1) is 22.9. The molecule has 0 bridgehead atoms. The number of nitrogens with zero attached hydrogens (tertiary/aromatic N) is 3. The molecule has 178 valence electrons. The van der Waals surface area contributed by atoms with Crippen LogP contribution >= 0.6 is 0 Å². The number of ether oxygens (including phenoxy) is 1. The molecule has 2 fully saturated rings. The summed E-state index contributed by atoms with van der Waals surface area (Å²) in [6, 6.07) is 15.0. The van der Waals surface area contributed by atoms with Gasteiger partial charge in [0, 0.05) is 31.1 Å². The van der Waals surface area contributed by atoms with Crippen molar-refractivity contribution in [1.82, 2.24) is 9.88 Å². The second-order valence-corrected chi connectivity index (χ2v) is 9.77. The van der Waals surface area contributed by atoms with Gasteiger partial charge in [-0.05, 0) is 99.5 Å². The van der Waals surface area contributed by atoms with E-state index in [2.05, 4.69) is 59.3 Å². The monoisotopic (exact) mass is 457 g/mol. The summed E-state index contributed by atoms with van der Waals surface area (Å²) in [5, 5.41) is 1.04. The van der Waals surface area contributed by atoms with Crippen molar-refractivity contribution >= 4 is 22.5 Å². The molecule has 3 aromatic rings. The quantitative estimate of drug-likeness (QED) is 0.390. The number of rotatable bonds is 8. The number of pyridine rings is 1. The van der Waals surface area contributed by atoms with Crippen LogP contribution in [0.5, 0.6) is 5.75 Å². The van der Waals surface area contributed by atoms with Crippen molar-refractivity contribution < 1.29 is 9.53 Å². The molecule has 1 amide bonds. The number of hydrogen-bond donors (Lipinski definition) is 0. The predicted molar refractivity (Wildman–Crippen MR) is 139 cm³/mol. The molecule has 0 N–H and O–H groups in total. The van der Waals surface area contributed by atoms with Crippen molar-refractivity contribution in [2.75, 3.05) is 31.1 Å². The fourth-order valence-electron chi connectivity index (χ4n) is 5.25. The zero-order chi connectivity index (χ0) is 23.5. The molecule has 0 atom stereocenters. The van der Waals surface area contributed by atoms with Crippen LogP contribution in [0.3, 0.4) is 0 Å². The lowest BCUT2D eigenvalue weighted by atomic mass is 9.90. The third-order valence-electron chi connectivity index (χ3n) is 7.32. The second kappa shape index (κ2) is 10.1. The molecule has 2 aliphatic rings. The lowest BCUT2D eigenvalue weighted by Gasteiger charge is -2.38. The van der Waals surface area contributed by atoms with Gasteiger partial charge in [0.1, 0.15) is 5.75 Å². The summed E-state index contributed by atoms with van der Waals surface area (Å²) in [5.74, 6) is 1.02. The Hall–Kier alpha value is -2.92. The molecule has 5 nitrogen and oxygen atoms in total. The average molecular weight is 458 g/mol. The van der Waals surface area contributed by atoms with Gasteiger partial charge in [0.2, 0.25) is 5.91 Å². The number of carbonyl (C=O) groups excluding carboxylic acids is 1. The van der Waals surface area contributed by atoms with Gasteiger partial charge in [0.15, 0.2) is 0 Å². The van der Waals surface area contributed by atoms with Crippen LogP contribution in [0.25, 0.3) is 22.0 Å². The summed E-state index contributed by atoms with van der Waals surface area (Å²) >= 11 is 0. The standard InChI is InChI=1S/C29H35N3O2/c1-21-20-30-28-14-11-24(19-27(28)29(21)32(22(2)33)25-7-5-8-25)23-9-12-26(13-10-23)34-18-6-17-31-15-3-4-16-31/h9-14,19-20,25H,3-8,15-18H2,1-2H3. The highest BCUT2D eigenvalue weighted by Gasteiger charge is 2.30. The molecule has 2 aromatic carbocycles. The summed E-state index contributed by atoms with van der Waals surface area (Å²) < 4.78 is 5.98. The highest BCUT2D eigenvalue weighted by Crippen LogP contribution is 2.37. The van der Waals surface area contributed by atoms with Crippen molar-refractivity contribution in [3.05, 3.63) is 54.2 Å². The van der Waals surface area contributed by atoms with E-state index in [9.17, 15) is 4.79 Å². The molecule has 1 saturated heterocycles. The Morgan fingerprint density at radius 3 is 2.47 bits per heavy atom. The van der Waals surface area contributed by atoms with E-state index >= 15 is 0 Å². The smallest absolute Gasteiger partial charge is 0.224 e. The number of anilines is 1. The molecule has 0 spiro atoms. The van der Waals surface area contributed by atoms with Gasteiger partial charge in [-0.3, -0.25) is 9.78 Å². The molecule has 1 aliphatic carbocycles. The van der Waals surface area contributed by atoms with Gasteiger partial charge in [-0.25, -0.2) is 0 Å². The van der Waals surface area contributed by atoms with Crippen LogP contribution in [0, 0.1) is 6.92 Å². The third-order valence-corrected chi connectivity index (χ3v) is 7.32. The van der Waals surface area contributed by atoms with Crippen molar-refractivity contribution in [3.8, 4) is 16.9 Å². The summed E-state index contributed by atoms with van der Waals surface area (Å²) in [5.41, 5.74) is 5.25. The molecule has 0 radical (unpaired) electrons. The van der Waals surface area contributed by atoms with Crippen LogP contribution in [-0.4, -0.2) is 48.1 Å². The van der Waals surface area contributed by atoms with E-state index in [1.54, 1.807) is 6.92 Å². The molecule has 1 aromatic heterocycles. The molecular weight excluding hydrogens is 422 g/mol. The van der Waals surface area contributed by atoms with Gasteiger partial charge in [-0.15, -0.1) is 0 Å². The van der Waals surface area contributed by atoms with E-state index in [1.807, 2.05) is 11.1 Å². The van der Waals surface area contributed by atoms with Crippen molar-refractivity contribution in [2.45, 2.75) is 58.4 Å². The number of benzene rings is 2. The van der Waals surface area contributed by atoms with Gasteiger partial charge in [0.25, 0.3) is 0 Å². The molecular formula is C29H35N3O2. The number of likely N-dealkylation sites (tertiary alicyclic amines) is 1. The zero-order valence-corrected chi connectivity index (χ0v) is 20.4. The van der Waals surface area contributed by atoms with E-state index < -0.39 is 0 Å². The minimum Gasteiger partial charge on any atom is -0.494 e. The lowest BCUT2D eigenvalue weighted by Crippen LogP contribution is -2.43. The molecule has 34 heavy (non-hydrogen) atoms. The van der Waals surface area contributed by atoms with E-state index in [1.165, 1.54) is 32.4 Å². The van der Waals surface area contributed by atoms with E-state index in [-0.39, 0.29) is 5.91 Å². The Labute approximate surface area is 202 Å². The van der Waals surface area contributed by atoms with Gasteiger partial charge in [-0.1, -0.05) is 18.2 Å². The largest absolute Gasteiger partial charge is 0.494 e. The first-order chi connectivity index (χ1) is 16.6. The van der Waals surface area contributed by atoms with E-state index in [0.29, 0.717) is 6.04 Å². The van der Waals surface area contributed by atoms with Crippen molar-refractivity contribution in [3.63, 3.8) is 0 Å². The lowest BCUT2D eigenvalue weighted by molar-refractivity contribution is -0.117. The number of hydrogen-bond acceptors (Lipinski definition) is 4. The Bertz CT molecular complexity index is 1150. The molecule has 0 unspecified atom stereocenters. The Morgan fingerprint density at radius 1 is 1.06 bits per heavy atom. The molecule has 5 heteroatoms. The van der Waals surface area contributed by atoms with Crippen molar-refractivity contribution in [1.29, 1.82) is 0 Å². The summed E-state index contributed by atoms with van der Waals surface area (Å²) in [6.07, 6.45) is 8.96. The van der Waals surface area contributed by atoms with Crippen LogP contribution in [0.2, 0.25) is 0 Å². The Kier molecular flexibility index (Phi) is 6.82. The molecule has 2 heterocycles. The van der Waals surface area contributed by atoms with E-state index in [4.69, 9.17) is 4.74 Å². The number of carbonyl (C=O) groups is 1. The van der Waals surface area contributed by atoms with Crippen LogP contribution < -0.4 is 9.64 Å². The van der Waals surface area contributed by atoms with Gasteiger partial charge in [0.05, 0.1) is 17.8 Å². The summed E-state index contributed by atoms with van der Waals surface area (Å²) in [4.78, 5) is 21.8. The minimum absolute atomic E-state index is 0.108. The topological polar surface area (TPSA) is 45.7 Å². The SMILES string of the molecule is CC(=O)N(c1c(C)cnc2ccc(-c3ccc(OCCCN4CCCC4)cc3)cc12)C1CCC1. The number of aromatic nitrogens is 1. The van der Waals surface area contributed by atoms with Crippen LogP contribution in [0.15, 0.2) is 48.7 Å². The van der Waals surface area contributed by atoms with Gasteiger partial charge in [-0.2, -0.15) is 0 Å². The predicted octanol–water partition coefficient (Wildman–Crippen LogP) is 5.98. The maximum atomic E-state index is 12.6. The third kappa shape index (κ3) is 4.80. The minimum atomic E-state index is 0.108.